The third-order valence-corrected chi connectivity index (χ3v) is 4.93. The minimum absolute atomic E-state index is 0.329. The van der Waals surface area contributed by atoms with Gasteiger partial charge in [0.1, 0.15) is 0 Å². The van der Waals surface area contributed by atoms with Crippen LogP contribution in [-0.2, 0) is 0 Å². The molecule has 0 bridgehead atoms. The Morgan fingerprint density at radius 3 is 2.45 bits per heavy atom. The molecule has 110 valence electrons. The maximum absolute atomic E-state index is 2.36. The Morgan fingerprint density at radius 2 is 1.85 bits per heavy atom. The van der Waals surface area contributed by atoms with Gasteiger partial charge in [-0.3, -0.25) is 0 Å². The summed E-state index contributed by atoms with van der Waals surface area (Å²) in [7, 11) is 0. The average molecular weight is 382 g/mol. The lowest BCUT2D eigenvalue weighted by atomic mass is 9.72. The van der Waals surface area contributed by atoms with Crippen LogP contribution in [0, 0.1) is 5.41 Å². The van der Waals surface area contributed by atoms with Crippen molar-refractivity contribution in [3.8, 4) is 0 Å². The first-order valence-corrected chi connectivity index (χ1v) is 8.61. The van der Waals surface area contributed by atoms with Crippen molar-refractivity contribution in [1.82, 2.24) is 0 Å². The van der Waals surface area contributed by atoms with Gasteiger partial charge in [-0.05, 0) is 60.7 Å². The first-order valence-electron chi connectivity index (χ1n) is 7.37. The molecule has 1 aliphatic carbocycles. The quantitative estimate of drug-likeness (QED) is 0.366. The zero-order valence-electron chi connectivity index (χ0n) is 13.5. The number of hydrogen-bond acceptors (Lipinski definition) is 0. The van der Waals surface area contributed by atoms with E-state index in [0.29, 0.717) is 5.41 Å². The number of halogens is 1. The largest absolute Gasteiger partial charge is 0.0696 e. The molecule has 0 fully saturated rings. The van der Waals surface area contributed by atoms with Crippen LogP contribution in [0.1, 0.15) is 53.9 Å². The predicted octanol–water partition coefficient (Wildman–Crippen LogP) is 6.91. The van der Waals surface area contributed by atoms with Crippen LogP contribution >= 0.6 is 22.6 Å². The Balaban J connectivity index is 2.81. The fourth-order valence-electron chi connectivity index (χ4n) is 2.67. The van der Waals surface area contributed by atoms with Gasteiger partial charge in [0.05, 0.1) is 0 Å². The van der Waals surface area contributed by atoms with E-state index in [2.05, 4.69) is 91.7 Å². The topological polar surface area (TPSA) is 0 Å². The molecular weight excluding hydrogens is 355 g/mol. The van der Waals surface area contributed by atoms with Gasteiger partial charge in [-0.15, -0.1) is 0 Å². The third kappa shape index (κ3) is 5.43. The molecule has 0 aromatic heterocycles. The predicted molar refractivity (Wildman–Crippen MR) is 100 cm³/mol. The van der Waals surface area contributed by atoms with E-state index in [0.717, 1.165) is 0 Å². The van der Waals surface area contributed by atoms with Crippen molar-refractivity contribution in [3.63, 3.8) is 0 Å². The Kier molecular flexibility index (Phi) is 7.01. The molecule has 0 aromatic rings. The van der Waals surface area contributed by atoms with Crippen LogP contribution in [0.25, 0.3) is 0 Å². The zero-order chi connectivity index (χ0) is 15.2. The maximum atomic E-state index is 2.36. The van der Waals surface area contributed by atoms with Gasteiger partial charge in [-0.2, -0.15) is 0 Å². The monoisotopic (exact) mass is 382 g/mol. The molecule has 0 spiro atoms. The second-order valence-electron chi connectivity index (χ2n) is 6.39. The summed E-state index contributed by atoms with van der Waals surface area (Å²) >= 11 is 2.27. The van der Waals surface area contributed by atoms with Gasteiger partial charge in [0.25, 0.3) is 0 Å². The molecule has 20 heavy (non-hydrogen) atoms. The first-order chi connectivity index (χ1) is 9.36. The molecule has 0 aromatic carbocycles. The number of hydrogen-bond donors (Lipinski definition) is 0. The van der Waals surface area contributed by atoms with Crippen molar-refractivity contribution in [3.05, 3.63) is 56.8 Å². The molecule has 0 radical (unpaired) electrons. The van der Waals surface area contributed by atoms with Gasteiger partial charge in [0, 0.05) is 0 Å². The Hall–Kier alpha value is -0.570. The van der Waals surface area contributed by atoms with Crippen molar-refractivity contribution in [2.24, 2.45) is 5.41 Å². The molecule has 0 nitrogen and oxygen atoms in total. The van der Waals surface area contributed by atoms with Gasteiger partial charge in [-0.1, -0.05) is 78.0 Å². The van der Waals surface area contributed by atoms with Crippen molar-refractivity contribution in [2.75, 3.05) is 0 Å². The average Bonchev–Trinajstić information content (AvgIpc) is 2.37. The highest BCUT2D eigenvalue weighted by molar-refractivity contribution is 14.1. The van der Waals surface area contributed by atoms with Crippen LogP contribution in [0.3, 0.4) is 0 Å². The van der Waals surface area contributed by atoms with E-state index in [1.54, 1.807) is 5.57 Å². The first kappa shape index (κ1) is 17.5. The summed E-state index contributed by atoms with van der Waals surface area (Å²) in [5.74, 6) is 0. The molecule has 0 N–H and O–H groups in total. The van der Waals surface area contributed by atoms with E-state index >= 15 is 0 Å². The summed E-state index contributed by atoms with van der Waals surface area (Å²) in [6, 6.07) is 0. The highest BCUT2D eigenvalue weighted by Crippen LogP contribution is 2.40. The fourth-order valence-corrected chi connectivity index (χ4v) is 2.88. The molecule has 0 saturated carbocycles. The van der Waals surface area contributed by atoms with E-state index in [4.69, 9.17) is 0 Å². The SMILES string of the molecule is CC1=C(/C=C/C(C)=C/C=C/C(C)=C/I)C(C)(C)CCC1. The second kappa shape index (κ2) is 8.02. The molecule has 1 aliphatic rings. The normalized spacial score (nSPS) is 21.3. The van der Waals surface area contributed by atoms with E-state index < -0.39 is 0 Å². The molecule has 0 unspecified atom stereocenters. The molecule has 0 amide bonds. The summed E-state index contributed by atoms with van der Waals surface area (Å²) in [5.41, 5.74) is 6.00. The van der Waals surface area contributed by atoms with Crippen molar-refractivity contribution >= 4 is 22.6 Å². The lowest BCUT2D eigenvalue weighted by Gasteiger charge is -2.32. The lowest BCUT2D eigenvalue weighted by Crippen LogP contribution is -2.19. The molecular formula is C19H27I. The van der Waals surface area contributed by atoms with Crippen molar-refractivity contribution in [2.45, 2.75) is 53.9 Å². The minimum Gasteiger partial charge on any atom is -0.0696 e. The van der Waals surface area contributed by atoms with Gasteiger partial charge in [0.15, 0.2) is 0 Å². The van der Waals surface area contributed by atoms with Gasteiger partial charge in [-0.25, -0.2) is 0 Å². The van der Waals surface area contributed by atoms with Gasteiger partial charge in [0.2, 0.25) is 0 Å². The number of rotatable bonds is 4. The highest BCUT2D eigenvalue weighted by atomic mass is 127. The van der Waals surface area contributed by atoms with E-state index in [9.17, 15) is 0 Å². The van der Waals surface area contributed by atoms with Crippen LogP contribution in [-0.4, -0.2) is 0 Å². The molecule has 0 saturated heterocycles. The van der Waals surface area contributed by atoms with Crippen LogP contribution in [0.4, 0.5) is 0 Å². The minimum atomic E-state index is 0.329. The van der Waals surface area contributed by atoms with Crippen LogP contribution in [0.2, 0.25) is 0 Å². The van der Waals surface area contributed by atoms with Gasteiger partial charge >= 0.3 is 0 Å². The highest BCUT2D eigenvalue weighted by Gasteiger charge is 2.26. The molecule has 0 aliphatic heterocycles. The van der Waals surface area contributed by atoms with Crippen LogP contribution in [0.15, 0.2) is 56.8 Å². The Bertz CT molecular complexity index is 482. The zero-order valence-corrected chi connectivity index (χ0v) is 15.6. The van der Waals surface area contributed by atoms with Crippen molar-refractivity contribution in [1.29, 1.82) is 0 Å². The number of allylic oxidation sites excluding steroid dienone is 9. The van der Waals surface area contributed by atoms with Crippen LogP contribution in [0.5, 0.6) is 0 Å². The summed E-state index contributed by atoms with van der Waals surface area (Å²) < 4.78 is 2.09. The molecule has 1 heteroatoms. The van der Waals surface area contributed by atoms with E-state index in [-0.39, 0.29) is 0 Å². The standard InChI is InChI=1S/C19H27I/c1-15(8-6-9-16(2)14-20)11-12-18-17(3)10-7-13-19(18,4)5/h6,8-9,11-12,14H,7,10,13H2,1-5H3/b9-6+,12-11+,15-8+,16-14+. The Morgan fingerprint density at radius 1 is 1.15 bits per heavy atom. The smallest absolute Gasteiger partial charge is 0.0104 e. The fraction of sp³-hybridized carbons (Fsp3) is 0.474. The van der Waals surface area contributed by atoms with Crippen molar-refractivity contribution < 1.29 is 0 Å². The van der Waals surface area contributed by atoms with Crippen LogP contribution < -0.4 is 0 Å². The summed E-state index contributed by atoms with van der Waals surface area (Å²) in [4.78, 5) is 0. The van der Waals surface area contributed by atoms with Gasteiger partial charge < -0.3 is 0 Å². The van der Waals surface area contributed by atoms with E-state index in [1.165, 1.54) is 36.0 Å². The second-order valence-corrected chi connectivity index (χ2v) is 7.01. The van der Waals surface area contributed by atoms with E-state index in [1.807, 2.05) is 0 Å². The third-order valence-electron chi connectivity index (χ3n) is 3.95. The summed E-state index contributed by atoms with van der Waals surface area (Å²) in [6.45, 7) is 11.3. The Labute approximate surface area is 138 Å². The molecule has 0 heterocycles. The maximum Gasteiger partial charge on any atom is -0.0104 e. The molecule has 0 atom stereocenters. The summed E-state index contributed by atoms with van der Waals surface area (Å²) in [5, 5.41) is 0. The lowest BCUT2D eigenvalue weighted by molar-refractivity contribution is 0.377. The summed E-state index contributed by atoms with van der Waals surface area (Å²) in [6.07, 6.45) is 14.9. The molecule has 1 rings (SSSR count).